The van der Waals surface area contributed by atoms with Gasteiger partial charge in [0.15, 0.2) is 0 Å². The molecule has 0 aliphatic carbocycles. The number of nitrogens with zero attached hydrogens (tertiary/aromatic N) is 3. The average molecular weight is 349 g/mol. The van der Waals surface area contributed by atoms with Crippen LogP contribution in [0.2, 0.25) is 0 Å². The molecule has 5 nitrogen and oxygen atoms in total. The Morgan fingerprint density at radius 1 is 0.731 bits per heavy atom. The van der Waals surface area contributed by atoms with Crippen molar-refractivity contribution in [1.82, 2.24) is 14.7 Å². The Morgan fingerprint density at radius 2 is 1.35 bits per heavy atom. The van der Waals surface area contributed by atoms with E-state index >= 15 is 0 Å². The summed E-state index contributed by atoms with van der Waals surface area (Å²) in [4.78, 5) is 31.0. The highest BCUT2D eigenvalue weighted by molar-refractivity contribution is 6.21. The van der Waals surface area contributed by atoms with Gasteiger partial charge < -0.3 is 0 Å². The van der Waals surface area contributed by atoms with Crippen molar-refractivity contribution in [3.05, 3.63) is 71.3 Å². The summed E-state index contributed by atoms with van der Waals surface area (Å²) in [6, 6.07) is 17.6. The summed E-state index contributed by atoms with van der Waals surface area (Å²) in [6.45, 7) is 5.39. The largest absolute Gasteiger partial charge is 0.289 e. The minimum atomic E-state index is -0.155. The molecule has 2 aliphatic heterocycles. The van der Waals surface area contributed by atoms with Gasteiger partial charge in [0, 0.05) is 32.7 Å². The SMILES string of the molecule is O=C1c2ccccc2C(=O)N1CCCN1CCN(Cc2ccccc2)C1. The number of hydrogen-bond acceptors (Lipinski definition) is 4. The van der Waals surface area contributed by atoms with Gasteiger partial charge in [-0.3, -0.25) is 24.3 Å². The van der Waals surface area contributed by atoms with E-state index in [9.17, 15) is 9.59 Å². The van der Waals surface area contributed by atoms with Gasteiger partial charge in [0.1, 0.15) is 0 Å². The molecule has 0 saturated carbocycles. The predicted molar refractivity (Wildman–Crippen MR) is 99.7 cm³/mol. The molecule has 0 aromatic heterocycles. The minimum Gasteiger partial charge on any atom is -0.289 e. The Balaban J connectivity index is 1.25. The van der Waals surface area contributed by atoms with Crippen molar-refractivity contribution in [2.75, 3.05) is 32.8 Å². The summed E-state index contributed by atoms with van der Waals surface area (Å²) in [5, 5.41) is 0. The molecule has 2 heterocycles. The van der Waals surface area contributed by atoms with E-state index in [1.807, 2.05) is 6.07 Å². The van der Waals surface area contributed by atoms with E-state index in [1.54, 1.807) is 24.3 Å². The fourth-order valence-corrected chi connectivity index (χ4v) is 3.75. The standard InChI is InChI=1S/C21H23N3O2/c25-20-18-9-4-5-10-19(18)21(26)24(20)12-6-11-22-13-14-23(16-22)15-17-7-2-1-3-8-17/h1-5,7-10H,6,11-16H2. The zero-order valence-corrected chi connectivity index (χ0v) is 14.8. The molecular formula is C21H23N3O2. The van der Waals surface area contributed by atoms with Crippen molar-refractivity contribution in [2.45, 2.75) is 13.0 Å². The molecule has 2 aromatic rings. The Morgan fingerprint density at radius 3 is 2.04 bits per heavy atom. The predicted octanol–water partition coefficient (Wildman–Crippen LogP) is 2.45. The molecule has 0 N–H and O–H groups in total. The molecule has 2 amide bonds. The molecule has 0 atom stereocenters. The lowest BCUT2D eigenvalue weighted by atomic mass is 10.1. The van der Waals surface area contributed by atoms with Crippen molar-refractivity contribution >= 4 is 11.8 Å². The first kappa shape index (κ1) is 16.9. The van der Waals surface area contributed by atoms with E-state index in [-0.39, 0.29) is 11.8 Å². The number of benzene rings is 2. The first-order valence-electron chi connectivity index (χ1n) is 9.16. The fourth-order valence-electron chi connectivity index (χ4n) is 3.75. The highest BCUT2D eigenvalue weighted by Gasteiger charge is 2.34. The van der Waals surface area contributed by atoms with Crippen molar-refractivity contribution in [1.29, 1.82) is 0 Å². The number of amides is 2. The average Bonchev–Trinajstić information content (AvgIpc) is 3.21. The Labute approximate surface area is 153 Å². The lowest BCUT2D eigenvalue weighted by Gasteiger charge is -2.19. The molecule has 0 spiro atoms. The molecule has 0 bridgehead atoms. The fraction of sp³-hybridized carbons (Fsp3) is 0.333. The quantitative estimate of drug-likeness (QED) is 0.752. The number of carbonyl (C=O) groups is 2. The van der Waals surface area contributed by atoms with Crippen LogP contribution in [0, 0.1) is 0 Å². The summed E-state index contributed by atoms with van der Waals surface area (Å²) < 4.78 is 0. The summed E-state index contributed by atoms with van der Waals surface area (Å²) in [6.07, 6.45) is 0.810. The first-order valence-corrected chi connectivity index (χ1v) is 9.16. The second-order valence-electron chi connectivity index (χ2n) is 6.96. The van der Waals surface area contributed by atoms with Crippen molar-refractivity contribution < 1.29 is 9.59 Å². The van der Waals surface area contributed by atoms with Crippen molar-refractivity contribution in [3.8, 4) is 0 Å². The molecule has 2 aliphatic rings. The molecule has 26 heavy (non-hydrogen) atoms. The van der Waals surface area contributed by atoms with Crippen LogP contribution in [0.15, 0.2) is 54.6 Å². The minimum absolute atomic E-state index is 0.155. The lowest BCUT2D eigenvalue weighted by molar-refractivity contribution is 0.0647. The van der Waals surface area contributed by atoms with Crippen LogP contribution in [0.1, 0.15) is 32.7 Å². The third kappa shape index (κ3) is 3.41. The monoisotopic (exact) mass is 349 g/mol. The van der Waals surface area contributed by atoms with Gasteiger partial charge in [-0.25, -0.2) is 0 Å². The zero-order chi connectivity index (χ0) is 17.9. The van der Waals surface area contributed by atoms with E-state index in [4.69, 9.17) is 0 Å². The van der Waals surface area contributed by atoms with E-state index in [1.165, 1.54) is 10.5 Å². The van der Waals surface area contributed by atoms with Crippen LogP contribution < -0.4 is 0 Å². The molecule has 5 heteroatoms. The number of carbonyl (C=O) groups excluding carboxylic acids is 2. The smallest absolute Gasteiger partial charge is 0.261 e. The topological polar surface area (TPSA) is 43.9 Å². The molecular weight excluding hydrogens is 326 g/mol. The summed E-state index contributed by atoms with van der Waals surface area (Å²) in [5.74, 6) is -0.310. The van der Waals surface area contributed by atoms with Crippen LogP contribution in [0.3, 0.4) is 0 Å². The Kier molecular flexibility index (Phi) is 4.82. The lowest BCUT2D eigenvalue weighted by Crippen LogP contribution is -2.33. The molecule has 134 valence electrons. The molecule has 2 aromatic carbocycles. The van der Waals surface area contributed by atoms with E-state index in [2.05, 4.69) is 34.1 Å². The van der Waals surface area contributed by atoms with Crippen LogP contribution in [-0.4, -0.2) is 59.4 Å². The second-order valence-corrected chi connectivity index (χ2v) is 6.96. The molecule has 1 fully saturated rings. The number of imide groups is 1. The summed E-state index contributed by atoms with van der Waals surface area (Å²) in [7, 11) is 0. The zero-order valence-electron chi connectivity index (χ0n) is 14.8. The number of fused-ring (bicyclic) bond motifs is 1. The highest BCUT2D eigenvalue weighted by atomic mass is 16.2. The second kappa shape index (κ2) is 7.40. The van der Waals surface area contributed by atoms with E-state index in [0.29, 0.717) is 17.7 Å². The van der Waals surface area contributed by atoms with Gasteiger partial charge in [0.25, 0.3) is 11.8 Å². The van der Waals surface area contributed by atoms with Crippen LogP contribution in [0.5, 0.6) is 0 Å². The number of rotatable bonds is 6. The third-order valence-corrected chi connectivity index (χ3v) is 5.12. The maximum absolute atomic E-state index is 12.4. The van der Waals surface area contributed by atoms with Crippen LogP contribution in [-0.2, 0) is 6.54 Å². The Hall–Kier alpha value is -2.50. The molecule has 0 radical (unpaired) electrons. The maximum atomic E-state index is 12.4. The first-order chi connectivity index (χ1) is 12.7. The van der Waals surface area contributed by atoms with Gasteiger partial charge in [-0.15, -0.1) is 0 Å². The van der Waals surface area contributed by atoms with E-state index < -0.39 is 0 Å². The van der Waals surface area contributed by atoms with Gasteiger partial charge >= 0.3 is 0 Å². The molecule has 1 saturated heterocycles. The highest BCUT2D eigenvalue weighted by Crippen LogP contribution is 2.22. The van der Waals surface area contributed by atoms with Crippen molar-refractivity contribution in [2.24, 2.45) is 0 Å². The Bertz CT molecular complexity index is 771. The third-order valence-electron chi connectivity index (χ3n) is 5.12. The molecule has 0 unspecified atom stereocenters. The molecule has 4 rings (SSSR count). The van der Waals surface area contributed by atoms with Gasteiger partial charge in [-0.05, 0) is 24.1 Å². The maximum Gasteiger partial charge on any atom is 0.261 e. The summed E-state index contributed by atoms with van der Waals surface area (Å²) in [5.41, 5.74) is 2.40. The summed E-state index contributed by atoms with van der Waals surface area (Å²) >= 11 is 0. The van der Waals surface area contributed by atoms with Crippen LogP contribution in [0.25, 0.3) is 0 Å². The van der Waals surface area contributed by atoms with E-state index in [0.717, 1.165) is 39.3 Å². The van der Waals surface area contributed by atoms with Gasteiger partial charge in [-0.1, -0.05) is 42.5 Å². The van der Waals surface area contributed by atoms with Crippen LogP contribution in [0.4, 0.5) is 0 Å². The van der Waals surface area contributed by atoms with Crippen LogP contribution >= 0.6 is 0 Å². The van der Waals surface area contributed by atoms with Gasteiger partial charge in [0.2, 0.25) is 0 Å². The van der Waals surface area contributed by atoms with Crippen molar-refractivity contribution in [3.63, 3.8) is 0 Å². The van der Waals surface area contributed by atoms with Gasteiger partial charge in [0.05, 0.1) is 17.8 Å². The normalized spacial score (nSPS) is 17.9. The van der Waals surface area contributed by atoms with Gasteiger partial charge in [-0.2, -0.15) is 0 Å². The number of hydrogen-bond donors (Lipinski definition) is 0.